The Labute approximate surface area is 104 Å². The van der Waals surface area contributed by atoms with Gasteiger partial charge in [0.25, 0.3) is 0 Å². The molecule has 0 amide bonds. The van der Waals surface area contributed by atoms with Gasteiger partial charge in [-0.15, -0.1) is 0 Å². The molecule has 2 N–H and O–H groups in total. The van der Waals surface area contributed by atoms with Gasteiger partial charge in [0.05, 0.1) is 0 Å². The van der Waals surface area contributed by atoms with E-state index in [1.165, 1.54) is 32.1 Å². The predicted molar refractivity (Wildman–Crippen MR) is 73.8 cm³/mol. The normalized spacial score (nSPS) is 18.2. The first-order chi connectivity index (χ1) is 7.72. The topological polar surface area (TPSA) is 36.4 Å². The Morgan fingerprint density at radius 2 is 2.00 bits per heavy atom. The van der Waals surface area contributed by atoms with Crippen LogP contribution in [-0.2, 0) is 0 Å². The number of nitrogens with zero attached hydrogens (tertiary/aromatic N) is 1. The molecule has 1 rings (SSSR count). The van der Waals surface area contributed by atoms with Gasteiger partial charge in [0, 0.05) is 11.8 Å². The van der Waals surface area contributed by atoms with E-state index in [-0.39, 0.29) is 0 Å². The van der Waals surface area contributed by atoms with E-state index in [9.17, 15) is 0 Å². The highest BCUT2D eigenvalue weighted by molar-refractivity contribution is 7.80. The average molecular weight is 241 g/mol. The van der Waals surface area contributed by atoms with E-state index in [0.29, 0.717) is 11.2 Å². The van der Waals surface area contributed by atoms with Crippen LogP contribution >= 0.6 is 12.2 Å². The Kier molecular flexibility index (Phi) is 6.38. The lowest BCUT2D eigenvalue weighted by Gasteiger charge is -2.23. The summed E-state index contributed by atoms with van der Waals surface area (Å²) >= 11 is 5.21. The van der Waals surface area contributed by atoms with Crippen LogP contribution in [0.15, 0.2) is 5.10 Å². The molecule has 92 valence electrons. The lowest BCUT2D eigenvalue weighted by molar-refractivity contribution is 0.412. The monoisotopic (exact) mass is 241 g/mol. The second kappa shape index (κ2) is 7.60. The van der Waals surface area contributed by atoms with Crippen molar-refractivity contribution in [2.75, 3.05) is 0 Å². The largest absolute Gasteiger partial charge is 0.359 e. The zero-order valence-electron chi connectivity index (χ0n) is 10.4. The van der Waals surface area contributed by atoms with Crippen molar-refractivity contribution in [1.29, 1.82) is 0 Å². The highest BCUT2D eigenvalue weighted by Gasteiger charge is 2.13. The number of hydrazone groups is 1. The first kappa shape index (κ1) is 13.4. The fourth-order valence-electron chi connectivity index (χ4n) is 2.03. The molecule has 4 heteroatoms. The maximum absolute atomic E-state index is 5.21. The quantitative estimate of drug-likeness (QED) is 0.451. The third-order valence-electron chi connectivity index (χ3n) is 2.90. The highest BCUT2D eigenvalue weighted by Crippen LogP contribution is 2.17. The Morgan fingerprint density at radius 3 is 2.62 bits per heavy atom. The summed E-state index contributed by atoms with van der Waals surface area (Å²) < 4.78 is 0. The van der Waals surface area contributed by atoms with Gasteiger partial charge < -0.3 is 5.32 Å². The fourth-order valence-corrected chi connectivity index (χ4v) is 2.24. The molecule has 0 bridgehead atoms. The molecule has 3 nitrogen and oxygen atoms in total. The fraction of sp³-hybridized carbons (Fsp3) is 0.833. The van der Waals surface area contributed by atoms with Gasteiger partial charge in [0.2, 0.25) is 0 Å². The van der Waals surface area contributed by atoms with Crippen LogP contribution in [0.2, 0.25) is 0 Å². The molecule has 0 aromatic heterocycles. The molecule has 0 aromatic carbocycles. The van der Waals surface area contributed by atoms with Crippen LogP contribution in [0.5, 0.6) is 0 Å². The summed E-state index contributed by atoms with van der Waals surface area (Å²) in [5.41, 5.74) is 4.03. The smallest absolute Gasteiger partial charge is 0.187 e. The molecule has 0 spiro atoms. The number of thiocarbonyl (C=S) groups is 1. The average Bonchev–Trinajstić information content (AvgIpc) is 2.28. The Bertz CT molecular complexity index is 245. The Balaban J connectivity index is 2.21. The lowest BCUT2D eigenvalue weighted by Crippen LogP contribution is -2.41. The summed E-state index contributed by atoms with van der Waals surface area (Å²) in [6.45, 7) is 4.18. The van der Waals surface area contributed by atoms with Gasteiger partial charge >= 0.3 is 0 Å². The summed E-state index contributed by atoms with van der Waals surface area (Å²) in [6.07, 6.45) is 8.63. The molecule has 16 heavy (non-hydrogen) atoms. The van der Waals surface area contributed by atoms with Crippen LogP contribution in [0.4, 0.5) is 0 Å². The van der Waals surface area contributed by atoms with Crippen LogP contribution in [0.3, 0.4) is 0 Å². The molecule has 1 aliphatic rings. The maximum Gasteiger partial charge on any atom is 0.187 e. The Morgan fingerprint density at radius 1 is 1.31 bits per heavy atom. The van der Waals surface area contributed by atoms with Gasteiger partial charge in [-0.3, -0.25) is 5.43 Å². The van der Waals surface area contributed by atoms with Crippen molar-refractivity contribution in [3.8, 4) is 0 Å². The first-order valence-electron chi connectivity index (χ1n) is 6.32. The third-order valence-corrected chi connectivity index (χ3v) is 3.11. The molecular formula is C12H23N3S. The minimum atomic E-state index is 0.551. The molecule has 0 aromatic rings. The standard InChI is InChI=1S/C12H23N3S/c1-3-7-10(2)14-15-12(16)13-11-8-5-4-6-9-11/h11H,3-9H2,1-2H3,(H2,13,15,16)/b14-10-. The number of hydrogen-bond donors (Lipinski definition) is 2. The zero-order valence-corrected chi connectivity index (χ0v) is 11.2. The van der Waals surface area contributed by atoms with E-state index in [4.69, 9.17) is 12.2 Å². The van der Waals surface area contributed by atoms with E-state index in [1.54, 1.807) is 0 Å². The molecule has 1 fully saturated rings. The van der Waals surface area contributed by atoms with E-state index < -0.39 is 0 Å². The highest BCUT2D eigenvalue weighted by atomic mass is 32.1. The summed E-state index contributed by atoms with van der Waals surface area (Å²) in [5.74, 6) is 0. The second-order valence-electron chi connectivity index (χ2n) is 4.52. The Hall–Kier alpha value is -0.640. The van der Waals surface area contributed by atoms with Crippen molar-refractivity contribution in [3.63, 3.8) is 0 Å². The lowest BCUT2D eigenvalue weighted by atomic mass is 9.96. The van der Waals surface area contributed by atoms with Crippen molar-refractivity contribution in [3.05, 3.63) is 0 Å². The van der Waals surface area contributed by atoms with E-state index in [1.807, 2.05) is 6.92 Å². The van der Waals surface area contributed by atoms with Crippen LogP contribution in [0, 0.1) is 0 Å². The van der Waals surface area contributed by atoms with Crippen LogP contribution < -0.4 is 10.7 Å². The zero-order chi connectivity index (χ0) is 11.8. The van der Waals surface area contributed by atoms with E-state index in [2.05, 4.69) is 22.8 Å². The van der Waals surface area contributed by atoms with Gasteiger partial charge in [-0.1, -0.05) is 32.6 Å². The van der Waals surface area contributed by atoms with Gasteiger partial charge in [-0.2, -0.15) is 5.10 Å². The van der Waals surface area contributed by atoms with Crippen molar-refractivity contribution in [2.45, 2.75) is 64.8 Å². The van der Waals surface area contributed by atoms with Crippen molar-refractivity contribution >= 4 is 23.0 Å². The van der Waals surface area contributed by atoms with Crippen LogP contribution in [0.25, 0.3) is 0 Å². The minimum absolute atomic E-state index is 0.551. The molecule has 0 radical (unpaired) electrons. The number of nitrogens with one attached hydrogen (secondary N) is 2. The van der Waals surface area contributed by atoms with Crippen LogP contribution in [-0.4, -0.2) is 16.9 Å². The van der Waals surface area contributed by atoms with Gasteiger partial charge in [0.15, 0.2) is 5.11 Å². The van der Waals surface area contributed by atoms with Gasteiger partial charge in [0.1, 0.15) is 0 Å². The van der Waals surface area contributed by atoms with Gasteiger partial charge in [-0.05, 0) is 38.4 Å². The molecule has 0 aliphatic heterocycles. The molecule has 1 saturated carbocycles. The molecular weight excluding hydrogens is 218 g/mol. The van der Waals surface area contributed by atoms with Crippen LogP contribution in [0.1, 0.15) is 58.8 Å². The number of hydrogen-bond acceptors (Lipinski definition) is 2. The molecule has 0 unspecified atom stereocenters. The van der Waals surface area contributed by atoms with Crippen molar-refractivity contribution in [2.24, 2.45) is 5.10 Å². The predicted octanol–water partition coefficient (Wildman–Crippen LogP) is 2.96. The molecule has 0 saturated heterocycles. The summed E-state index contributed by atoms with van der Waals surface area (Å²) in [7, 11) is 0. The van der Waals surface area contributed by atoms with E-state index in [0.717, 1.165) is 18.6 Å². The number of rotatable bonds is 4. The first-order valence-corrected chi connectivity index (χ1v) is 6.73. The minimum Gasteiger partial charge on any atom is -0.359 e. The van der Waals surface area contributed by atoms with Crippen molar-refractivity contribution < 1.29 is 0 Å². The third kappa shape index (κ3) is 5.45. The molecule has 0 heterocycles. The van der Waals surface area contributed by atoms with E-state index >= 15 is 0 Å². The summed E-state index contributed by atoms with van der Waals surface area (Å²) in [4.78, 5) is 0. The molecule has 0 atom stereocenters. The maximum atomic E-state index is 5.21. The molecule has 1 aliphatic carbocycles. The second-order valence-corrected chi connectivity index (χ2v) is 4.93. The SMILES string of the molecule is CCC/C(C)=N\NC(=S)NC1CCCCC1. The summed E-state index contributed by atoms with van der Waals surface area (Å²) in [5, 5.41) is 8.24. The van der Waals surface area contributed by atoms with Crippen molar-refractivity contribution in [1.82, 2.24) is 10.7 Å². The van der Waals surface area contributed by atoms with Gasteiger partial charge in [-0.25, -0.2) is 0 Å². The summed E-state index contributed by atoms with van der Waals surface area (Å²) in [6, 6.07) is 0.551.